The van der Waals surface area contributed by atoms with Gasteiger partial charge >= 0.3 is 0 Å². The molecule has 0 radical (unpaired) electrons. The summed E-state index contributed by atoms with van der Waals surface area (Å²) < 4.78 is 2.08. The van der Waals surface area contributed by atoms with Crippen molar-refractivity contribution in [3.05, 3.63) is 69.9 Å². The number of aryl methyl sites for hydroxylation is 2. The van der Waals surface area contributed by atoms with Crippen molar-refractivity contribution in [2.24, 2.45) is 4.99 Å². The summed E-state index contributed by atoms with van der Waals surface area (Å²) in [6.07, 6.45) is 3.72. The summed E-state index contributed by atoms with van der Waals surface area (Å²) in [5, 5.41) is 17.2. The predicted molar refractivity (Wildman–Crippen MR) is 136 cm³/mol. The second-order valence-corrected chi connectivity index (χ2v) is 7.96. The van der Waals surface area contributed by atoms with Gasteiger partial charge in [0.25, 0.3) is 0 Å². The van der Waals surface area contributed by atoms with Gasteiger partial charge in [-0.1, -0.05) is 44.2 Å². The number of hydrogen-bond acceptors (Lipinski definition) is 4. The molecule has 1 atom stereocenters. The monoisotopic (exact) mass is 538 g/mol. The molecule has 8 heteroatoms. The van der Waals surface area contributed by atoms with E-state index in [1.807, 2.05) is 0 Å². The van der Waals surface area contributed by atoms with Gasteiger partial charge in [-0.2, -0.15) is 0 Å². The van der Waals surface area contributed by atoms with Gasteiger partial charge in [0.1, 0.15) is 12.2 Å². The molecule has 2 heterocycles. The van der Waals surface area contributed by atoms with Gasteiger partial charge in [0.05, 0.1) is 12.6 Å². The van der Waals surface area contributed by atoms with E-state index in [4.69, 9.17) is 4.99 Å². The highest BCUT2D eigenvalue weighted by Crippen LogP contribution is 2.14. The molecule has 1 unspecified atom stereocenters. The normalized spacial score (nSPS) is 12.3. The molecule has 0 aliphatic heterocycles. The summed E-state index contributed by atoms with van der Waals surface area (Å²) in [4.78, 5) is 6.04. The zero-order valence-corrected chi connectivity index (χ0v) is 21.0. The van der Waals surface area contributed by atoms with E-state index in [-0.39, 0.29) is 30.0 Å². The van der Waals surface area contributed by atoms with Gasteiger partial charge in [-0.15, -0.1) is 45.5 Å². The average Bonchev–Trinajstić information content (AvgIpc) is 3.43. The molecule has 0 aliphatic rings. The van der Waals surface area contributed by atoms with Crippen molar-refractivity contribution >= 4 is 41.3 Å². The number of guanidine groups is 1. The number of nitrogens with one attached hydrogen (secondary N) is 2. The highest BCUT2D eigenvalue weighted by Gasteiger charge is 2.09. The maximum Gasteiger partial charge on any atom is 0.192 e. The Bertz CT molecular complexity index is 889. The van der Waals surface area contributed by atoms with Crippen molar-refractivity contribution in [2.75, 3.05) is 6.54 Å². The zero-order valence-electron chi connectivity index (χ0n) is 17.8. The Labute approximate surface area is 200 Å². The minimum atomic E-state index is 0. The Morgan fingerprint density at radius 3 is 2.63 bits per heavy atom. The van der Waals surface area contributed by atoms with Gasteiger partial charge in [0.2, 0.25) is 0 Å². The van der Waals surface area contributed by atoms with Crippen molar-refractivity contribution in [2.45, 2.75) is 52.7 Å². The quantitative estimate of drug-likeness (QED) is 0.238. The summed E-state index contributed by atoms with van der Waals surface area (Å²) in [5.74, 6) is 1.82. The molecule has 0 aliphatic carbocycles. The molecule has 0 saturated heterocycles. The lowest BCUT2D eigenvalue weighted by Gasteiger charge is -2.19. The Hall–Kier alpha value is -1.94. The molecule has 1 aromatic carbocycles. The Balaban J connectivity index is 0.00000320. The maximum atomic E-state index is 4.79. The van der Waals surface area contributed by atoms with Crippen LogP contribution in [0.25, 0.3) is 0 Å². The van der Waals surface area contributed by atoms with Crippen molar-refractivity contribution in [3.63, 3.8) is 0 Å². The molecule has 30 heavy (non-hydrogen) atoms. The van der Waals surface area contributed by atoms with Gasteiger partial charge in [-0.05, 0) is 35.9 Å². The van der Waals surface area contributed by atoms with Crippen molar-refractivity contribution in [1.82, 2.24) is 25.4 Å². The van der Waals surface area contributed by atoms with Gasteiger partial charge in [0, 0.05) is 24.4 Å². The minimum Gasteiger partial charge on any atom is -0.355 e. The fraction of sp³-hybridized carbons (Fsp3) is 0.409. The Kier molecular flexibility index (Phi) is 10.3. The average molecular weight is 539 g/mol. The number of hydrogen-bond donors (Lipinski definition) is 2. The summed E-state index contributed by atoms with van der Waals surface area (Å²) >= 11 is 1.73. The molecule has 0 saturated carbocycles. The molecular weight excluding hydrogens is 507 g/mol. The van der Waals surface area contributed by atoms with Crippen molar-refractivity contribution in [1.29, 1.82) is 0 Å². The van der Waals surface area contributed by atoms with Crippen LogP contribution in [0.5, 0.6) is 0 Å². The molecule has 3 aromatic rings. The number of rotatable bonds is 9. The standard InChI is InChI=1S/C22H30N6S.HI/c1-4-18-8-10-19(11-9-18)17(3)26-22(24-15-20-7-6-14-29-20)23-12-13-28-16-25-27-21(28)5-2;/h6-11,14,16-17H,4-5,12-13,15H2,1-3H3,(H2,23,24,26);1H. The molecule has 6 nitrogen and oxygen atoms in total. The van der Waals surface area contributed by atoms with Crippen LogP contribution in [0.2, 0.25) is 0 Å². The highest BCUT2D eigenvalue weighted by molar-refractivity contribution is 14.0. The number of thiophene rings is 1. The largest absolute Gasteiger partial charge is 0.355 e. The van der Waals surface area contributed by atoms with Gasteiger partial charge in [-0.25, -0.2) is 4.99 Å². The number of nitrogens with zero attached hydrogens (tertiary/aromatic N) is 4. The fourth-order valence-corrected chi connectivity index (χ4v) is 3.70. The molecule has 0 bridgehead atoms. The van der Waals surface area contributed by atoms with E-state index in [0.717, 1.165) is 37.7 Å². The summed E-state index contributed by atoms with van der Waals surface area (Å²) in [7, 11) is 0. The second kappa shape index (κ2) is 12.7. The van der Waals surface area contributed by atoms with Crippen LogP contribution in [-0.4, -0.2) is 27.3 Å². The third-order valence-corrected chi connectivity index (χ3v) is 5.73. The van der Waals surface area contributed by atoms with Crippen molar-refractivity contribution in [3.8, 4) is 0 Å². The predicted octanol–water partition coefficient (Wildman–Crippen LogP) is 4.58. The molecule has 162 valence electrons. The molecule has 0 spiro atoms. The van der Waals surface area contributed by atoms with Crippen LogP contribution in [0.15, 0.2) is 53.1 Å². The first kappa shape index (κ1) is 24.3. The lowest BCUT2D eigenvalue weighted by Crippen LogP contribution is -2.40. The van der Waals surface area contributed by atoms with E-state index >= 15 is 0 Å². The summed E-state index contributed by atoms with van der Waals surface area (Å²) in [6, 6.07) is 13.1. The third-order valence-electron chi connectivity index (χ3n) is 4.87. The van der Waals surface area contributed by atoms with Crippen LogP contribution in [0, 0.1) is 0 Å². The molecule has 0 amide bonds. The third kappa shape index (κ3) is 7.09. The van der Waals surface area contributed by atoms with E-state index in [1.54, 1.807) is 17.7 Å². The van der Waals surface area contributed by atoms with Crippen LogP contribution in [0.4, 0.5) is 0 Å². The Morgan fingerprint density at radius 1 is 1.17 bits per heavy atom. The van der Waals surface area contributed by atoms with Gasteiger partial charge in [-0.3, -0.25) is 0 Å². The number of aromatic nitrogens is 3. The summed E-state index contributed by atoms with van der Waals surface area (Å²) in [5.41, 5.74) is 2.60. The smallest absolute Gasteiger partial charge is 0.192 e. The Morgan fingerprint density at radius 2 is 1.97 bits per heavy atom. The van der Waals surface area contributed by atoms with E-state index in [2.05, 4.69) is 87.9 Å². The number of benzene rings is 1. The minimum absolute atomic E-state index is 0. The second-order valence-electron chi connectivity index (χ2n) is 6.93. The first-order valence-corrected chi connectivity index (χ1v) is 11.1. The number of halogens is 1. The molecule has 0 fully saturated rings. The van der Waals surface area contributed by atoms with Crippen molar-refractivity contribution < 1.29 is 0 Å². The first-order valence-electron chi connectivity index (χ1n) is 10.2. The highest BCUT2D eigenvalue weighted by atomic mass is 127. The van der Waals surface area contributed by atoms with E-state index in [9.17, 15) is 0 Å². The van der Waals surface area contributed by atoms with E-state index in [1.165, 1.54) is 16.0 Å². The van der Waals surface area contributed by atoms with E-state index < -0.39 is 0 Å². The molecule has 2 aromatic heterocycles. The lowest BCUT2D eigenvalue weighted by molar-refractivity contribution is 0.619. The van der Waals surface area contributed by atoms with Crippen LogP contribution >= 0.6 is 35.3 Å². The van der Waals surface area contributed by atoms with E-state index in [0.29, 0.717) is 6.54 Å². The van der Waals surface area contributed by atoms with Crippen LogP contribution in [0.1, 0.15) is 48.6 Å². The molecule has 3 rings (SSSR count). The van der Waals surface area contributed by atoms with Gasteiger partial charge < -0.3 is 15.2 Å². The topological polar surface area (TPSA) is 67.1 Å². The molecular formula is C22H31IN6S. The number of aliphatic imine (C=N–C) groups is 1. The zero-order chi connectivity index (χ0) is 20.5. The maximum absolute atomic E-state index is 4.79. The van der Waals surface area contributed by atoms with Crippen LogP contribution < -0.4 is 10.6 Å². The SMILES string of the molecule is CCc1ccc(C(C)NC(=NCc2cccs2)NCCn2cnnc2CC)cc1.I. The lowest BCUT2D eigenvalue weighted by atomic mass is 10.1. The van der Waals surface area contributed by atoms with Gasteiger partial charge in [0.15, 0.2) is 5.96 Å². The first-order chi connectivity index (χ1) is 14.2. The van der Waals surface area contributed by atoms with Crippen LogP contribution in [0.3, 0.4) is 0 Å². The van der Waals surface area contributed by atoms with Crippen LogP contribution in [-0.2, 0) is 25.9 Å². The summed E-state index contributed by atoms with van der Waals surface area (Å²) in [6.45, 7) is 8.66. The fourth-order valence-electron chi connectivity index (χ4n) is 3.08. The molecule has 2 N–H and O–H groups in total.